The molecule has 4 aromatic rings. The maximum atomic E-state index is 14.2. The number of nitrogens with one attached hydrogen (secondary N) is 1. The van der Waals surface area contributed by atoms with Crippen LogP contribution in [0.2, 0.25) is 0 Å². The minimum atomic E-state index is -0.877. The number of carbonyl (C=O) groups excluding carboxylic acids is 2. The van der Waals surface area contributed by atoms with Crippen molar-refractivity contribution in [1.82, 2.24) is 25.6 Å². The number of nitrogens with zero attached hydrogens (tertiary/aromatic N) is 6. The van der Waals surface area contributed by atoms with Crippen molar-refractivity contribution in [1.29, 1.82) is 0 Å². The van der Waals surface area contributed by atoms with E-state index in [-0.39, 0.29) is 30.7 Å². The van der Waals surface area contributed by atoms with Gasteiger partial charge in [-0.3, -0.25) is 14.5 Å². The monoisotopic (exact) mass is 659 g/mol. The molecule has 0 spiro atoms. The van der Waals surface area contributed by atoms with E-state index >= 15 is 0 Å². The van der Waals surface area contributed by atoms with Gasteiger partial charge < -0.3 is 21.1 Å². The Hall–Kier alpha value is -4.39. The number of amides is 2. The Labute approximate surface area is 280 Å². The number of morpholine rings is 1. The van der Waals surface area contributed by atoms with E-state index in [2.05, 4.69) is 38.5 Å². The van der Waals surface area contributed by atoms with Crippen LogP contribution in [0.25, 0.3) is 22.5 Å². The quantitative estimate of drug-likeness (QED) is 0.230. The molecule has 248 valence electrons. The number of halogens is 1. The second-order valence-corrected chi connectivity index (χ2v) is 12.2. The SMILES string of the molecule is Cc1cc(N2CCOCC2)ncc1-c1ccc(C[C@@H](C(N)=O)N(C(=O)C2CCC(CN)CC2)c2ccc(-c3nn[nH]n3)cc2)cc1.Cl. The van der Waals surface area contributed by atoms with Crippen LogP contribution in [-0.4, -0.2) is 76.3 Å². The van der Waals surface area contributed by atoms with Crippen molar-refractivity contribution in [3.63, 3.8) is 0 Å². The normalized spacial score (nSPS) is 18.6. The van der Waals surface area contributed by atoms with Crippen molar-refractivity contribution in [2.45, 2.75) is 45.1 Å². The molecule has 1 atom stereocenters. The molecule has 13 heteroatoms. The summed E-state index contributed by atoms with van der Waals surface area (Å²) < 4.78 is 5.48. The highest BCUT2D eigenvalue weighted by Gasteiger charge is 2.36. The van der Waals surface area contributed by atoms with E-state index in [1.165, 1.54) is 0 Å². The van der Waals surface area contributed by atoms with Crippen LogP contribution in [-0.2, 0) is 20.7 Å². The van der Waals surface area contributed by atoms with Gasteiger partial charge in [-0.2, -0.15) is 5.21 Å². The molecule has 2 aliphatic rings. The van der Waals surface area contributed by atoms with Crippen molar-refractivity contribution in [3.05, 3.63) is 71.9 Å². The number of nitrogens with two attached hydrogens (primary N) is 2. The molecule has 12 nitrogen and oxygen atoms in total. The van der Waals surface area contributed by atoms with Crippen LogP contribution in [0.15, 0.2) is 60.8 Å². The third kappa shape index (κ3) is 7.78. The molecule has 1 aliphatic heterocycles. The fourth-order valence-corrected chi connectivity index (χ4v) is 6.53. The van der Waals surface area contributed by atoms with Crippen molar-refractivity contribution >= 4 is 35.7 Å². The average molecular weight is 660 g/mol. The molecule has 0 bridgehead atoms. The van der Waals surface area contributed by atoms with Gasteiger partial charge in [0, 0.05) is 48.4 Å². The molecule has 47 heavy (non-hydrogen) atoms. The number of tetrazole rings is 1. The zero-order valence-electron chi connectivity index (χ0n) is 26.5. The Bertz CT molecular complexity index is 1620. The Balaban J connectivity index is 0.00000433. The predicted octanol–water partition coefficient (Wildman–Crippen LogP) is 3.69. The number of aromatic amines is 1. The van der Waals surface area contributed by atoms with E-state index in [0.717, 1.165) is 72.4 Å². The van der Waals surface area contributed by atoms with Gasteiger partial charge in [0.15, 0.2) is 0 Å². The number of ether oxygens (including phenoxy) is 1. The van der Waals surface area contributed by atoms with Gasteiger partial charge in [0.2, 0.25) is 17.6 Å². The van der Waals surface area contributed by atoms with E-state index in [1.54, 1.807) is 4.90 Å². The maximum Gasteiger partial charge on any atom is 0.240 e. The molecule has 0 unspecified atom stereocenters. The third-order valence-corrected chi connectivity index (χ3v) is 9.28. The van der Waals surface area contributed by atoms with Crippen LogP contribution in [0, 0.1) is 18.8 Å². The van der Waals surface area contributed by atoms with E-state index in [4.69, 9.17) is 21.2 Å². The first-order chi connectivity index (χ1) is 22.4. The second-order valence-electron chi connectivity index (χ2n) is 12.2. The zero-order valence-corrected chi connectivity index (χ0v) is 27.4. The van der Waals surface area contributed by atoms with Gasteiger partial charge in [0.1, 0.15) is 11.9 Å². The van der Waals surface area contributed by atoms with E-state index in [0.29, 0.717) is 37.2 Å². The third-order valence-electron chi connectivity index (χ3n) is 9.28. The Morgan fingerprint density at radius 1 is 1.02 bits per heavy atom. The van der Waals surface area contributed by atoms with Crippen molar-refractivity contribution in [2.75, 3.05) is 42.6 Å². The molecule has 2 aromatic heterocycles. The topological polar surface area (TPSA) is 169 Å². The summed E-state index contributed by atoms with van der Waals surface area (Å²) in [5, 5.41) is 14.2. The number of benzene rings is 2. The van der Waals surface area contributed by atoms with Crippen molar-refractivity contribution in [3.8, 4) is 22.5 Å². The number of hydrogen-bond acceptors (Lipinski definition) is 9. The summed E-state index contributed by atoms with van der Waals surface area (Å²) in [5.41, 5.74) is 17.4. The lowest BCUT2D eigenvalue weighted by atomic mass is 9.81. The lowest BCUT2D eigenvalue weighted by Crippen LogP contribution is -2.52. The molecule has 2 aromatic carbocycles. The number of pyridine rings is 1. The largest absolute Gasteiger partial charge is 0.378 e. The van der Waals surface area contributed by atoms with Gasteiger partial charge >= 0.3 is 0 Å². The molecular weight excluding hydrogens is 618 g/mol. The minimum absolute atomic E-state index is 0. The first-order valence-corrected chi connectivity index (χ1v) is 16.0. The maximum absolute atomic E-state index is 14.2. The van der Waals surface area contributed by atoms with Gasteiger partial charge in [-0.1, -0.05) is 24.3 Å². The first-order valence-electron chi connectivity index (χ1n) is 16.0. The molecule has 6 rings (SSSR count). The summed E-state index contributed by atoms with van der Waals surface area (Å²) in [6, 6.07) is 16.6. The molecule has 1 aliphatic carbocycles. The number of carbonyl (C=O) groups is 2. The molecular formula is C34H42ClN9O3. The number of primary amides is 1. The smallest absolute Gasteiger partial charge is 0.240 e. The second kappa shape index (κ2) is 15.5. The fourth-order valence-electron chi connectivity index (χ4n) is 6.53. The summed E-state index contributed by atoms with van der Waals surface area (Å²) in [6.07, 6.45) is 5.44. The van der Waals surface area contributed by atoms with Gasteiger partial charge in [-0.15, -0.1) is 22.6 Å². The van der Waals surface area contributed by atoms with Gasteiger partial charge in [-0.25, -0.2) is 4.98 Å². The van der Waals surface area contributed by atoms with Crippen molar-refractivity contribution in [2.24, 2.45) is 23.3 Å². The van der Waals surface area contributed by atoms with Crippen molar-refractivity contribution < 1.29 is 14.3 Å². The first kappa shape index (κ1) is 34.0. The fraction of sp³-hybridized carbons (Fsp3) is 0.412. The van der Waals surface area contributed by atoms with Gasteiger partial charge in [0.25, 0.3) is 0 Å². The van der Waals surface area contributed by atoms with Crippen LogP contribution in [0.5, 0.6) is 0 Å². The summed E-state index contributed by atoms with van der Waals surface area (Å²) in [5.74, 6) is 0.958. The minimum Gasteiger partial charge on any atom is -0.378 e. The molecule has 5 N–H and O–H groups in total. The average Bonchev–Trinajstić information content (AvgIpc) is 3.64. The number of aryl methyl sites for hydroxylation is 1. The highest BCUT2D eigenvalue weighted by molar-refractivity contribution is 6.01. The number of hydrogen-bond donors (Lipinski definition) is 3. The molecule has 0 radical (unpaired) electrons. The molecule has 2 fully saturated rings. The summed E-state index contributed by atoms with van der Waals surface area (Å²) in [4.78, 5) is 35.9. The van der Waals surface area contributed by atoms with Crippen LogP contribution in [0.1, 0.15) is 36.8 Å². The van der Waals surface area contributed by atoms with E-state index < -0.39 is 11.9 Å². The van der Waals surface area contributed by atoms with Gasteiger partial charge in [-0.05, 0) is 97.3 Å². The predicted molar refractivity (Wildman–Crippen MR) is 183 cm³/mol. The number of aromatic nitrogens is 5. The van der Waals surface area contributed by atoms with E-state index in [9.17, 15) is 9.59 Å². The number of anilines is 2. The van der Waals surface area contributed by atoms with E-state index in [1.807, 2.05) is 54.7 Å². The summed E-state index contributed by atoms with van der Waals surface area (Å²) >= 11 is 0. The summed E-state index contributed by atoms with van der Waals surface area (Å²) in [6.45, 7) is 5.79. The molecule has 2 amide bonds. The molecule has 3 heterocycles. The zero-order chi connectivity index (χ0) is 32.0. The molecule has 1 saturated carbocycles. The van der Waals surface area contributed by atoms with Crippen LogP contribution in [0.3, 0.4) is 0 Å². The molecule has 1 saturated heterocycles. The number of H-pyrrole nitrogens is 1. The summed E-state index contributed by atoms with van der Waals surface area (Å²) in [7, 11) is 0. The lowest BCUT2D eigenvalue weighted by molar-refractivity contribution is -0.127. The number of rotatable bonds is 10. The van der Waals surface area contributed by atoms with Crippen LogP contribution in [0.4, 0.5) is 11.5 Å². The Morgan fingerprint density at radius 3 is 2.30 bits per heavy atom. The van der Waals surface area contributed by atoms with Crippen LogP contribution < -0.4 is 21.3 Å². The highest BCUT2D eigenvalue weighted by Crippen LogP contribution is 2.33. The standard InChI is InChI=1S/C34H41N9O3.ClH/c1-22-18-31(42-14-16-46-17-15-42)37-21-29(22)25-6-2-23(3-7-25)19-30(32(36)44)43(34(45)27-8-4-24(20-35)5-9-27)28-12-10-26(11-13-28)33-38-40-41-39-33;/h2-3,6-7,10-13,18,21,24,27,30H,4-5,8-9,14-17,19-20,35H2,1H3,(H2,36,44)(H,38,39,40,41);1H/t24?,27?,30-;/m0./s1. The van der Waals surface area contributed by atoms with Gasteiger partial charge in [0.05, 0.1) is 13.2 Å². The Morgan fingerprint density at radius 2 is 1.70 bits per heavy atom. The Kier molecular flexibility index (Phi) is 11.2. The highest BCUT2D eigenvalue weighted by atomic mass is 35.5. The van der Waals surface area contributed by atoms with Crippen LogP contribution >= 0.6 is 12.4 Å². The lowest BCUT2D eigenvalue weighted by Gasteiger charge is -2.35.